The standard InChI is InChI=1S/C14H11Cl2NO3/c1-19-14(18)9-2-3-10(17-7-9)8-20-11-4-5-12(15)13(16)6-11/h2-7H,8H2,1H3. The van der Waals surface area contributed by atoms with Crippen LogP contribution in [0.2, 0.25) is 10.0 Å². The van der Waals surface area contributed by atoms with E-state index < -0.39 is 5.97 Å². The van der Waals surface area contributed by atoms with Crippen molar-refractivity contribution in [3.63, 3.8) is 0 Å². The first-order valence-electron chi connectivity index (χ1n) is 5.71. The Morgan fingerprint density at radius 3 is 2.60 bits per heavy atom. The largest absolute Gasteiger partial charge is 0.487 e. The van der Waals surface area contributed by atoms with Crippen LogP contribution in [0.5, 0.6) is 5.75 Å². The molecule has 0 aliphatic rings. The number of nitrogens with zero attached hydrogens (tertiary/aromatic N) is 1. The maximum absolute atomic E-state index is 11.3. The first-order valence-corrected chi connectivity index (χ1v) is 6.47. The zero-order chi connectivity index (χ0) is 14.5. The minimum absolute atomic E-state index is 0.263. The number of esters is 1. The molecule has 2 rings (SSSR count). The second-order valence-corrected chi connectivity index (χ2v) is 4.71. The maximum atomic E-state index is 11.3. The van der Waals surface area contributed by atoms with Gasteiger partial charge in [-0.05, 0) is 24.3 Å². The van der Waals surface area contributed by atoms with Gasteiger partial charge in [0.25, 0.3) is 0 Å². The monoisotopic (exact) mass is 311 g/mol. The minimum atomic E-state index is -0.422. The SMILES string of the molecule is COC(=O)c1ccc(COc2ccc(Cl)c(Cl)c2)nc1. The van der Waals surface area contributed by atoms with Crippen molar-refractivity contribution in [2.45, 2.75) is 6.61 Å². The molecule has 2 aromatic rings. The highest BCUT2D eigenvalue weighted by Crippen LogP contribution is 2.26. The summed E-state index contributed by atoms with van der Waals surface area (Å²) in [5, 5.41) is 0.901. The predicted octanol–water partition coefficient (Wildman–Crippen LogP) is 3.75. The molecule has 0 atom stereocenters. The molecule has 0 saturated heterocycles. The van der Waals surface area contributed by atoms with Crippen LogP contribution in [-0.2, 0) is 11.3 Å². The Balaban J connectivity index is 2.00. The van der Waals surface area contributed by atoms with Crippen LogP contribution in [0.4, 0.5) is 0 Å². The first kappa shape index (κ1) is 14.6. The van der Waals surface area contributed by atoms with E-state index in [0.717, 1.165) is 0 Å². The Morgan fingerprint density at radius 2 is 2.00 bits per heavy atom. The maximum Gasteiger partial charge on any atom is 0.339 e. The van der Waals surface area contributed by atoms with Crippen molar-refractivity contribution < 1.29 is 14.3 Å². The van der Waals surface area contributed by atoms with Crippen molar-refractivity contribution >= 4 is 29.2 Å². The van der Waals surface area contributed by atoms with E-state index in [1.807, 2.05) is 0 Å². The quantitative estimate of drug-likeness (QED) is 0.807. The third kappa shape index (κ3) is 3.62. The molecule has 0 unspecified atom stereocenters. The van der Waals surface area contributed by atoms with E-state index in [0.29, 0.717) is 27.1 Å². The van der Waals surface area contributed by atoms with Crippen molar-refractivity contribution in [2.24, 2.45) is 0 Å². The molecule has 0 aliphatic heterocycles. The molecule has 0 fully saturated rings. The lowest BCUT2D eigenvalue weighted by molar-refractivity contribution is 0.0600. The number of hydrogen-bond donors (Lipinski definition) is 0. The molecule has 0 saturated carbocycles. The summed E-state index contributed by atoms with van der Waals surface area (Å²) in [6, 6.07) is 8.34. The fraction of sp³-hybridized carbons (Fsp3) is 0.143. The number of ether oxygens (including phenoxy) is 2. The fourth-order valence-corrected chi connectivity index (χ4v) is 1.76. The predicted molar refractivity (Wildman–Crippen MR) is 76.4 cm³/mol. The van der Waals surface area contributed by atoms with Crippen LogP contribution in [0.3, 0.4) is 0 Å². The fourth-order valence-electron chi connectivity index (χ4n) is 1.47. The average Bonchev–Trinajstić information content (AvgIpc) is 2.48. The number of methoxy groups -OCH3 is 1. The van der Waals surface area contributed by atoms with Gasteiger partial charge in [0.15, 0.2) is 0 Å². The first-order chi connectivity index (χ1) is 9.60. The number of hydrogen-bond acceptors (Lipinski definition) is 4. The van der Waals surface area contributed by atoms with Gasteiger partial charge in [0, 0.05) is 12.3 Å². The van der Waals surface area contributed by atoms with E-state index in [-0.39, 0.29) is 6.61 Å². The second kappa shape index (κ2) is 6.59. The Labute approximate surface area is 126 Å². The smallest absolute Gasteiger partial charge is 0.339 e. The number of benzene rings is 1. The van der Waals surface area contributed by atoms with Gasteiger partial charge in [0.05, 0.1) is 28.4 Å². The molecular formula is C14H11Cl2NO3. The van der Waals surface area contributed by atoms with Crippen LogP contribution in [-0.4, -0.2) is 18.1 Å². The van der Waals surface area contributed by atoms with Crippen molar-refractivity contribution in [3.05, 3.63) is 57.8 Å². The molecule has 0 bridgehead atoms. The van der Waals surface area contributed by atoms with Crippen molar-refractivity contribution in [1.82, 2.24) is 4.98 Å². The molecule has 20 heavy (non-hydrogen) atoms. The number of carbonyl (C=O) groups excluding carboxylic acids is 1. The number of carbonyl (C=O) groups is 1. The number of halogens is 2. The van der Waals surface area contributed by atoms with Gasteiger partial charge in [0.2, 0.25) is 0 Å². The topological polar surface area (TPSA) is 48.4 Å². The minimum Gasteiger partial charge on any atom is -0.487 e. The van der Waals surface area contributed by atoms with Crippen LogP contribution in [0, 0.1) is 0 Å². The van der Waals surface area contributed by atoms with Gasteiger partial charge in [-0.15, -0.1) is 0 Å². The highest BCUT2D eigenvalue weighted by molar-refractivity contribution is 6.42. The van der Waals surface area contributed by atoms with Gasteiger partial charge in [-0.25, -0.2) is 4.79 Å². The molecule has 104 valence electrons. The summed E-state index contributed by atoms with van der Waals surface area (Å²) in [5.41, 5.74) is 1.08. The molecule has 6 heteroatoms. The Hall–Kier alpha value is -1.78. The average molecular weight is 312 g/mol. The van der Waals surface area contributed by atoms with Gasteiger partial charge >= 0.3 is 5.97 Å². The van der Waals surface area contributed by atoms with Crippen molar-refractivity contribution in [1.29, 1.82) is 0 Å². The highest BCUT2D eigenvalue weighted by atomic mass is 35.5. The van der Waals surface area contributed by atoms with Crippen LogP contribution in [0.15, 0.2) is 36.5 Å². The third-order valence-corrected chi connectivity index (χ3v) is 3.26. The zero-order valence-corrected chi connectivity index (χ0v) is 12.1. The van der Waals surface area contributed by atoms with E-state index in [2.05, 4.69) is 9.72 Å². The molecule has 0 amide bonds. The summed E-state index contributed by atoms with van der Waals surface area (Å²) in [6.07, 6.45) is 1.44. The Bertz CT molecular complexity index is 614. The summed E-state index contributed by atoms with van der Waals surface area (Å²) in [5.74, 6) is 0.174. The second-order valence-electron chi connectivity index (χ2n) is 3.89. The summed E-state index contributed by atoms with van der Waals surface area (Å²) in [7, 11) is 1.32. The van der Waals surface area contributed by atoms with E-state index in [9.17, 15) is 4.79 Å². The van der Waals surface area contributed by atoms with Crippen LogP contribution < -0.4 is 4.74 Å². The van der Waals surface area contributed by atoms with Crippen LogP contribution >= 0.6 is 23.2 Å². The molecule has 1 heterocycles. The summed E-state index contributed by atoms with van der Waals surface area (Å²) < 4.78 is 10.1. The van der Waals surface area contributed by atoms with Gasteiger partial charge in [-0.3, -0.25) is 4.98 Å². The van der Waals surface area contributed by atoms with E-state index >= 15 is 0 Å². The lowest BCUT2D eigenvalue weighted by atomic mass is 10.2. The van der Waals surface area contributed by atoms with Gasteiger partial charge in [0.1, 0.15) is 12.4 Å². The summed E-state index contributed by atoms with van der Waals surface area (Å²) >= 11 is 11.7. The molecular weight excluding hydrogens is 301 g/mol. The van der Waals surface area contributed by atoms with Gasteiger partial charge in [-0.2, -0.15) is 0 Å². The lowest BCUT2D eigenvalue weighted by Gasteiger charge is -2.07. The number of pyridine rings is 1. The lowest BCUT2D eigenvalue weighted by Crippen LogP contribution is -2.04. The van der Waals surface area contributed by atoms with Crippen LogP contribution in [0.1, 0.15) is 16.1 Å². The van der Waals surface area contributed by atoms with Crippen molar-refractivity contribution in [3.8, 4) is 5.75 Å². The van der Waals surface area contributed by atoms with Crippen LogP contribution in [0.25, 0.3) is 0 Å². The number of aromatic nitrogens is 1. The number of rotatable bonds is 4. The molecule has 0 N–H and O–H groups in total. The molecule has 0 aliphatic carbocycles. The molecule has 0 spiro atoms. The molecule has 1 aromatic heterocycles. The molecule has 1 aromatic carbocycles. The van der Waals surface area contributed by atoms with Crippen molar-refractivity contribution in [2.75, 3.05) is 7.11 Å². The Morgan fingerprint density at radius 1 is 1.20 bits per heavy atom. The summed E-state index contributed by atoms with van der Waals surface area (Å²) in [6.45, 7) is 0.263. The van der Waals surface area contributed by atoms with E-state index in [4.69, 9.17) is 27.9 Å². The van der Waals surface area contributed by atoms with Gasteiger partial charge in [-0.1, -0.05) is 23.2 Å². The van der Waals surface area contributed by atoms with E-state index in [1.165, 1.54) is 13.3 Å². The molecule has 4 nitrogen and oxygen atoms in total. The highest BCUT2D eigenvalue weighted by Gasteiger charge is 2.06. The normalized spacial score (nSPS) is 10.2. The third-order valence-electron chi connectivity index (χ3n) is 2.52. The van der Waals surface area contributed by atoms with E-state index in [1.54, 1.807) is 30.3 Å². The van der Waals surface area contributed by atoms with Gasteiger partial charge < -0.3 is 9.47 Å². The summed E-state index contributed by atoms with van der Waals surface area (Å²) in [4.78, 5) is 15.4. The Kier molecular flexibility index (Phi) is 4.82. The zero-order valence-electron chi connectivity index (χ0n) is 10.6. The molecule has 0 radical (unpaired) electrons.